The summed E-state index contributed by atoms with van der Waals surface area (Å²) in [7, 11) is 1.86. The summed E-state index contributed by atoms with van der Waals surface area (Å²) < 4.78 is 2.95. The van der Waals surface area contributed by atoms with Gasteiger partial charge < -0.3 is 9.47 Å². The lowest BCUT2D eigenvalue weighted by molar-refractivity contribution is 0.0733. The Balaban J connectivity index is 2.97. The molecule has 18 heavy (non-hydrogen) atoms. The molecule has 3 nitrogen and oxygen atoms in total. The average Bonchev–Trinajstić information content (AvgIpc) is 2.56. The first-order chi connectivity index (χ1) is 8.11. The number of hydrogen-bond acceptors (Lipinski definition) is 1. The fourth-order valence-electron chi connectivity index (χ4n) is 2.02. The number of carbonyl (C=O) groups is 1. The van der Waals surface area contributed by atoms with Crippen molar-refractivity contribution in [2.75, 3.05) is 13.6 Å². The van der Waals surface area contributed by atoms with Crippen molar-refractivity contribution in [3.63, 3.8) is 0 Å². The maximum atomic E-state index is 12.4. The highest BCUT2D eigenvalue weighted by Crippen LogP contribution is 2.22. The van der Waals surface area contributed by atoms with E-state index in [9.17, 15) is 4.79 Å². The maximum Gasteiger partial charge on any atom is 0.270 e. The molecule has 102 valence electrons. The largest absolute Gasteiger partial charge is 0.340 e. The highest BCUT2D eigenvalue weighted by Gasteiger charge is 2.22. The Morgan fingerprint density at radius 1 is 1.44 bits per heavy atom. The van der Waals surface area contributed by atoms with Crippen LogP contribution >= 0.6 is 15.9 Å². The van der Waals surface area contributed by atoms with E-state index in [1.54, 1.807) is 4.90 Å². The molecule has 0 aliphatic carbocycles. The predicted octanol–water partition coefficient (Wildman–Crippen LogP) is 3.95. The smallest absolute Gasteiger partial charge is 0.270 e. The van der Waals surface area contributed by atoms with E-state index in [1.807, 2.05) is 23.9 Å². The third-order valence-electron chi connectivity index (χ3n) is 2.65. The average molecular weight is 315 g/mol. The van der Waals surface area contributed by atoms with Crippen molar-refractivity contribution in [1.29, 1.82) is 0 Å². The number of carbonyl (C=O) groups excluding carboxylic acids is 1. The molecule has 1 aromatic rings. The first-order valence-electron chi connectivity index (χ1n) is 6.24. The van der Waals surface area contributed by atoms with E-state index in [0.29, 0.717) is 0 Å². The van der Waals surface area contributed by atoms with E-state index < -0.39 is 0 Å². The standard InChI is InChI=1S/C14H23BrN2O/c1-10(2)17-8-11(15)7-12(17)13(18)16(6)9-14(3,4)5/h7-8,10H,9H2,1-6H3. The minimum atomic E-state index is 0.0734. The van der Waals surface area contributed by atoms with Crippen molar-refractivity contribution < 1.29 is 4.79 Å². The lowest BCUT2D eigenvalue weighted by Crippen LogP contribution is -2.35. The molecule has 0 aliphatic rings. The zero-order valence-corrected chi connectivity index (χ0v) is 13.7. The third-order valence-corrected chi connectivity index (χ3v) is 3.08. The van der Waals surface area contributed by atoms with Gasteiger partial charge in [-0.15, -0.1) is 0 Å². The van der Waals surface area contributed by atoms with Crippen LogP contribution in [0.25, 0.3) is 0 Å². The number of nitrogens with zero attached hydrogens (tertiary/aromatic N) is 2. The minimum Gasteiger partial charge on any atom is -0.340 e. The van der Waals surface area contributed by atoms with Gasteiger partial charge >= 0.3 is 0 Å². The summed E-state index contributed by atoms with van der Waals surface area (Å²) in [5.74, 6) is 0.0734. The van der Waals surface area contributed by atoms with Crippen LogP contribution in [0.5, 0.6) is 0 Å². The van der Waals surface area contributed by atoms with Crippen molar-refractivity contribution in [3.8, 4) is 0 Å². The third kappa shape index (κ3) is 3.87. The molecule has 0 aliphatic heterocycles. The fraction of sp³-hybridized carbons (Fsp3) is 0.643. The van der Waals surface area contributed by atoms with Gasteiger partial charge in [-0.2, -0.15) is 0 Å². The summed E-state index contributed by atoms with van der Waals surface area (Å²) in [6.07, 6.45) is 1.96. The fourth-order valence-corrected chi connectivity index (χ4v) is 2.46. The van der Waals surface area contributed by atoms with Gasteiger partial charge in [0.05, 0.1) is 0 Å². The Labute approximate surface area is 118 Å². The van der Waals surface area contributed by atoms with Crippen LogP contribution in [-0.2, 0) is 0 Å². The topological polar surface area (TPSA) is 25.2 Å². The second kappa shape index (κ2) is 5.47. The van der Waals surface area contributed by atoms with Crippen molar-refractivity contribution in [3.05, 3.63) is 22.4 Å². The molecular formula is C14H23BrN2O. The predicted molar refractivity (Wildman–Crippen MR) is 78.9 cm³/mol. The second-order valence-corrected chi connectivity index (χ2v) is 7.18. The van der Waals surface area contributed by atoms with E-state index in [2.05, 4.69) is 50.5 Å². The van der Waals surface area contributed by atoms with Gasteiger partial charge in [-0.3, -0.25) is 4.79 Å². The molecule has 1 amide bonds. The molecule has 0 spiro atoms. The van der Waals surface area contributed by atoms with Gasteiger partial charge in [-0.1, -0.05) is 20.8 Å². The van der Waals surface area contributed by atoms with Crippen molar-refractivity contribution >= 4 is 21.8 Å². The maximum absolute atomic E-state index is 12.4. The van der Waals surface area contributed by atoms with E-state index in [0.717, 1.165) is 16.7 Å². The highest BCUT2D eigenvalue weighted by atomic mass is 79.9. The van der Waals surface area contributed by atoms with Gasteiger partial charge in [-0.25, -0.2) is 0 Å². The molecule has 0 aromatic carbocycles. The van der Waals surface area contributed by atoms with Crippen LogP contribution in [0.2, 0.25) is 0 Å². The number of hydrogen-bond donors (Lipinski definition) is 0. The summed E-state index contributed by atoms with van der Waals surface area (Å²) in [6.45, 7) is 11.3. The summed E-state index contributed by atoms with van der Waals surface area (Å²) in [5.41, 5.74) is 0.847. The molecule has 1 aromatic heterocycles. The van der Waals surface area contributed by atoms with E-state index in [-0.39, 0.29) is 17.4 Å². The summed E-state index contributed by atoms with van der Waals surface area (Å²) >= 11 is 3.44. The van der Waals surface area contributed by atoms with Crippen LogP contribution in [0.1, 0.15) is 51.1 Å². The lowest BCUT2D eigenvalue weighted by atomic mass is 9.96. The SMILES string of the molecule is CC(C)n1cc(Br)cc1C(=O)N(C)CC(C)(C)C. The number of amides is 1. The monoisotopic (exact) mass is 314 g/mol. The van der Waals surface area contributed by atoms with Gasteiger partial charge in [0.15, 0.2) is 0 Å². The molecule has 0 saturated heterocycles. The highest BCUT2D eigenvalue weighted by molar-refractivity contribution is 9.10. The molecule has 0 atom stereocenters. The van der Waals surface area contributed by atoms with Crippen LogP contribution in [0.3, 0.4) is 0 Å². The second-order valence-electron chi connectivity index (χ2n) is 6.27. The molecule has 0 unspecified atom stereocenters. The Morgan fingerprint density at radius 3 is 2.44 bits per heavy atom. The molecule has 1 rings (SSSR count). The zero-order chi connectivity index (χ0) is 14.1. The first-order valence-corrected chi connectivity index (χ1v) is 7.04. The Morgan fingerprint density at radius 2 is 2.00 bits per heavy atom. The molecule has 4 heteroatoms. The Kier molecular flexibility index (Phi) is 4.65. The molecule has 1 heterocycles. The number of rotatable bonds is 3. The van der Waals surface area contributed by atoms with E-state index in [1.165, 1.54) is 0 Å². The molecule has 0 N–H and O–H groups in total. The zero-order valence-electron chi connectivity index (χ0n) is 12.1. The summed E-state index contributed by atoms with van der Waals surface area (Å²) in [6, 6.07) is 2.17. The van der Waals surface area contributed by atoms with Gasteiger partial charge in [0.25, 0.3) is 5.91 Å². The van der Waals surface area contributed by atoms with Crippen molar-refractivity contribution in [1.82, 2.24) is 9.47 Å². The molecule has 0 radical (unpaired) electrons. The van der Waals surface area contributed by atoms with Gasteiger partial charge in [-0.05, 0) is 41.3 Å². The number of aromatic nitrogens is 1. The quantitative estimate of drug-likeness (QED) is 0.829. The first kappa shape index (κ1) is 15.3. The van der Waals surface area contributed by atoms with Crippen LogP contribution in [0.4, 0.5) is 0 Å². The van der Waals surface area contributed by atoms with Crippen molar-refractivity contribution in [2.24, 2.45) is 5.41 Å². The van der Waals surface area contributed by atoms with Gasteiger partial charge in [0.1, 0.15) is 5.69 Å². The lowest BCUT2D eigenvalue weighted by Gasteiger charge is -2.27. The van der Waals surface area contributed by atoms with E-state index in [4.69, 9.17) is 0 Å². The summed E-state index contributed by atoms with van der Waals surface area (Å²) in [4.78, 5) is 14.2. The molecule has 0 saturated carbocycles. The Bertz CT molecular complexity index is 429. The van der Waals surface area contributed by atoms with E-state index >= 15 is 0 Å². The number of halogens is 1. The van der Waals surface area contributed by atoms with Crippen molar-refractivity contribution in [2.45, 2.75) is 40.7 Å². The van der Waals surface area contributed by atoms with Crippen LogP contribution in [0, 0.1) is 5.41 Å². The summed E-state index contributed by atoms with van der Waals surface area (Å²) in [5, 5.41) is 0. The normalized spacial score (nSPS) is 12.0. The van der Waals surface area contributed by atoms with Crippen LogP contribution < -0.4 is 0 Å². The van der Waals surface area contributed by atoms with Crippen LogP contribution in [-0.4, -0.2) is 29.0 Å². The van der Waals surface area contributed by atoms with Gasteiger partial charge in [0.2, 0.25) is 0 Å². The Hall–Kier alpha value is -0.770. The molecular weight excluding hydrogens is 292 g/mol. The van der Waals surface area contributed by atoms with Crippen LogP contribution in [0.15, 0.2) is 16.7 Å². The molecule has 0 bridgehead atoms. The molecule has 0 fully saturated rings. The minimum absolute atomic E-state index is 0.0734. The van der Waals surface area contributed by atoms with Gasteiger partial charge in [0, 0.05) is 30.3 Å².